The number of hydrogen-bond donors (Lipinski definition) is 2. The molecule has 0 saturated carbocycles. The average Bonchev–Trinajstić information content (AvgIpc) is 3.11. The van der Waals surface area contributed by atoms with Crippen LogP contribution in [0.1, 0.15) is 31.7 Å². The van der Waals surface area contributed by atoms with Gasteiger partial charge >= 0.3 is 5.97 Å². The van der Waals surface area contributed by atoms with Crippen LogP contribution in [0.4, 0.5) is 0 Å². The molecule has 1 aromatic heterocycles. The number of nitrogens with one attached hydrogen (secondary N) is 2. The van der Waals surface area contributed by atoms with Gasteiger partial charge in [0.05, 0.1) is 23.2 Å². The highest BCUT2D eigenvalue weighted by molar-refractivity contribution is 6.30. The van der Waals surface area contributed by atoms with E-state index in [9.17, 15) is 9.59 Å². The molecule has 1 atom stereocenters. The minimum Gasteiger partial charge on any atom is -0.450 e. The first-order chi connectivity index (χ1) is 11.9. The molecule has 0 fully saturated rings. The first kappa shape index (κ1) is 15.9. The van der Waals surface area contributed by atoms with Crippen molar-refractivity contribution < 1.29 is 14.3 Å². The van der Waals surface area contributed by atoms with E-state index in [1.165, 1.54) is 0 Å². The number of cyclic esters (lactones) is 1. The largest absolute Gasteiger partial charge is 0.450 e. The molecule has 6 nitrogen and oxygen atoms in total. The van der Waals surface area contributed by atoms with Crippen molar-refractivity contribution in [3.05, 3.63) is 52.3 Å². The SMILES string of the molecule is CC1(C)OC(=O)C2=C1NC(=O)CC2c1cn[nH]c1-c1ccc(Cl)cc1. The fourth-order valence-corrected chi connectivity index (χ4v) is 3.58. The fraction of sp³-hybridized carbons (Fsp3) is 0.278. The molecule has 1 aromatic carbocycles. The first-order valence-corrected chi connectivity index (χ1v) is 8.31. The topological polar surface area (TPSA) is 84.1 Å². The van der Waals surface area contributed by atoms with Gasteiger partial charge in [0, 0.05) is 22.9 Å². The summed E-state index contributed by atoms with van der Waals surface area (Å²) in [6.45, 7) is 3.54. The van der Waals surface area contributed by atoms with Gasteiger partial charge in [-0.25, -0.2) is 4.79 Å². The molecule has 2 N–H and O–H groups in total. The van der Waals surface area contributed by atoms with E-state index >= 15 is 0 Å². The van der Waals surface area contributed by atoms with Crippen LogP contribution in [0.3, 0.4) is 0 Å². The molecule has 1 unspecified atom stereocenters. The average molecular weight is 358 g/mol. The fourth-order valence-electron chi connectivity index (χ4n) is 3.45. The summed E-state index contributed by atoms with van der Waals surface area (Å²) in [7, 11) is 0. The van der Waals surface area contributed by atoms with Crippen molar-refractivity contribution in [2.75, 3.05) is 0 Å². The zero-order valence-corrected chi connectivity index (χ0v) is 14.5. The van der Waals surface area contributed by atoms with Gasteiger partial charge in [-0.1, -0.05) is 23.7 Å². The molecule has 0 radical (unpaired) electrons. The quantitative estimate of drug-likeness (QED) is 0.809. The minimum absolute atomic E-state index is 0.140. The molecular formula is C18H16ClN3O3. The maximum absolute atomic E-state index is 12.4. The molecule has 3 heterocycles. The highest BCUT2D eigenvalue weighted by Crippen LogP contribution is 2.44. The van der Waals surface area contributed by atoms with E-state index in [4.69, 9.17) is 16.3 Å². The summed E-state index contributed by atoms with van der Waals surface area (Å²) in [6.07, 6.45) is 1.83. The molecule has 0 spiro atoms. The molecule has 0 aliphatic carbocycles. The van der Waals surface area contributed by atoms with Gasteiger partial charge in [-0.2, -0.15) is 5.10 Å². The Morgan fingerprint density at radius 2 is 1.96 bits per heavy atom. The number of carbonyl (C=O) groups is 2. The van der Waals surface area contributed by atoms with Crippen molar-refractivity contribution in [2.45, 2.75) is 31.8 Å². The third kappa shape index (κ3) is 2.53. The molecule has 2 aliphatic heterocycles. The smallest absolute Gasteiger partial charge is 0.337 e. The van der Waals surface area contributed by atoms with Crippen LogP contribution in [-0.4, -0.2) is 27.7 Å². The van der Waals surface area contributed by atoms with Gasteiger partial charge < -0.3 is 10.1 Å². The number of halogens is 1. The van der Waals surface area contributed by atoms with Gasteiger partial charge in [-0.15, -0.1) is 0 Å². The zero-order chi connectivity index (χ0) is 17.8. The van der Waals surface area contributed by atoms with Crippen LogP contribution in [0.15, 0.2) is 41.7 Å². The molecule has 7 heteroatoms. The summed E-state index contributed by atoms with van der Waals surface area (Å²) in [4.78, 5) is 24.7. The van der Waals surface area contributed by atoms with E-state index in [0.29, 0.717) is 16.3 Å². The van der Waals surface area contributed by atoms with E-state index in [-0.39, 0.29) is 12.3 Å². The molecule has 1 amide bonds. The molecule has 128 valence electrons. The van der Waals surface area contributed by atoms with Crippen LogP contribution in [0.25, 0.3) is 11.3 Å². The molecule has 0 bridgehead atoms. The summed E-state index contributed by atoms with van der Waals surface area (Å²) in [5.41, 5.74) is 2.64. The second-order valence-corrected chi connectivity index (χ2v) is 7.14. The number of carbonyl (C=O) groups excluding carboxylic acids is 2. The number of ether oxygens (including phenoxy) is 1. The third-order valence-corrected chi connectivity index (χ3v) is 4.87. The Kier molecular flexibility index (Phi) is 3.47. The molecule has 25 heavy (non-hydrogen) atoms. The number of hydrogen-bond acceptors (Lipinski definition) is 4. The summed E-state index contributed by atoms with van der Waals surface area (Å²) in [5, 5.41) is 10.5. The number of rotatable bonds is 2. The van der Waals surface area contributed by atoms with Crippen molar-refractivity contribution in [1.29, 1.82) is 0 Å². The van der Waals surface area contributed by atoms with Gasteiger partial charge in [0.1, 0.15) is 5.60 Å². The first-order valence-electron chi connectivity index (χ1n) is 7.94. The molecule has 2 aromatic rings. The lowest BCUT2D eigenvalue weighted by molar-refractivity contribution is -0.144. The normalized spacial score (nSPS) is 21.8. The van der Waals surface area contributed by atoms with Crippen molar-refractivity contribution in [3.8, 4) is 11.3 Å². The van der Waals surface area contributed by atoms with E-state index < -0.39 is 17.5 Å². The Labute approximate surface area is 149 Å². The minimum atomic E-state index is -0.842. The van der Waals surface area contributed by atoms with Crippen LogP contribution in [-0.2, 0) is 14.3 Å². The number of amides is 1. The van der Waals surface area contributed by atoms with Crippen LogP contribution >= 0.6 is 11.6 Å². The standard InChI is InChI=1S/C18H16ClN3O3/c1-18(2)16-14(17(24)25-18)11(7-13(23)21-16)12-8-20-22-15(12)9-3-5-10(19)6-4-9/h3-6,8,11H,7H2,1-2H3,(H,20,22)(H,21,23). The van der Waals surface area contributed by atoms with Gasteiger partial charge in [0.15, 0.2) is 0 Å². The summed E-state index contributed by atoms with van der Waals surface area (Å²) in [5.74, 6) is -0.936. The Hall–Kier alpha value is -2.60. The van der Waals surface area contributed by atoms with E-state index in [2.05, 4.69) is 15.5 Å². The Bertz CT molecular complexity index is 912. The molecule has 0 saturated heterocycles. The predicted octanol–water partition coefficient (Wildman–Crippen LogP) is 2.92. The van der Waals surface area contributed by atoms with Crippen molar-refractivity contribution in [2.24, 2.45) is 0 Å². The van der Waals surface area contributed by atoms with Gasteiger partial charge in [-0.05, 0) is 31.5 Å². The number of esters is 1. The highest BCUT2D eigenvalue weighted by Gasteiger charge is 2.48. The summed E-state index contributed by atoms with van der Waals surface area (Å²) in [6, 6.07) is 7.31. The van der Waals surface area contributed by atoms with E-state index in [1.807, 2.05) is 12.1 Å². The monoisotopic (exact) mass is 357 g/mol. The van der Waals surface area contributed by atoms with Gasteiger partial charge in [-0.3, -0.25) is 9.89 Å². The number of H-pyrrole nitrogens is 1. The van der Waals surface area contributed by atoms with Gasteiger partial charge in [0.2, 0.25) is 5.91 Å². The maximum Gasteiger partial charge on any atom is 0.337 e. The Morgan fingerprint density at radius 1 is 1.24 bits per heavy atom. The van der Waals surface area contributed by atoms with Crippen molar-refractivity contribution in [1.82, 2.24) is 15.5 Å². The predicted molar refractivity (Wildman–Crippen MR) is 91.7 cm³/mol. The molecular weight excluding hydrogens is 342 g/mol. The Balaban J connectivity index is 1.84. The third-order valence-electron chi connectivity index (χ3n) is 4.62. The second-order valence-electron chi connectivity index (χ2n) is 6.70. The Morgan fingerprint density at radius 3 is 2.68 bits per heavy atom. The number of nitrogens with zero attached hydrogens (tertiary/aromatic N) is 1. The number of aromatic amines is 1. The highest BCUT2D eigenvalue weighted by atomic mass is 35.5. The zero-order valence-electron chi connectivity index (χ0n) is 13.7. The second kappa shape index (κ2) is 5.46. The number of benzene rings is 1. The van der Waals surface area contributed by atoms with Crippen LogP contribution in [0, 0.1) is 0 Å². The van der Waals surface area contributed by atoms with Gasteiger partial charge in [0.25, 0.3) is 0 Å². The maximum atomic E-state index is 12.4. The van der Waals surface area contributed by atoms with E-state index in [0.717, 1.165) is 16.8 Å². The molecule has 2 aliphatic rings. The molecule has 4 rings (SSSR count). The lowest BCUT2D eigenvalue weighted by Gasteiger charge is -2.26. The van der Waals surface area contributed by atoms with Crippen molar-refractivity contribution >= 4 is 23.5 Å². The lowest BCUT2D eigenvalue weighted by atomic mass is 9.82. The lowest BCUT2D eigenvalue weighted by Crippen LogP contribution is -2.38. The van der Waals surface area contributed by atoms with Crippen LogP contribution in [0.5, 0.6) is 0 Å². The summed E-state index contributed by atoms with van der Waals surface area (Å²) >= 11 is 5.96. The van der Waals surface area contributed by atoms with Crippen LogP contribution < -0.4 is 5.32 Å². The van der Waals surface area contributed by atoms with Crippen LogP contribution in [0.2, 0.25) is 5.02 Å². The summed E-state index contributed by atoms with van der Waals surface area (Å²) < 4.78 is 5.46. The number of aromatic nitrogens is 2. The van der Waals surface area contributed by atoms with Crippen molar-refractivity contribution in [3.63, 3.8) is 0 Å². The van der Waals surface area contributed by atoms with E-state index in [1.54, 1.807) is 32.2 Å².